The van der Waals surface area contributed by atoms with E-state index < -0.39 is 5.79 Å². The normalized spacial score (nSPS) is 22.1. The third kappa shape index (κ3) is 2.52. The van der Waals surface area contributed by atoms with Gasteiger partial charge in [0, 0.05) is 18.7 Å². The van der Waals surface area contributed by atoms with E-state index in [0.29, 0.717) is 26.3 Å². The van der Waals surface area contributed by atoms with Crippen molar-refractivity contribution in [2.75, 3.05) is 26.3 Å². The van der Waals surface area contributed by atoms with Gasteiger partial charge in [0.15, 0.2) is 5.79 Å². The van der Waals surface area contributed by atoms with Crippen molar-refractivity contribution in [3.8, 4) is 0 Å². The SMILES string of the molecule is CC1(C)OCC2(CO1)CN(C(=O)c1cccc3ccccc13)C2. The molecule has 1 amide bonds. The summed E-state index contributed by atoms with van der Waals surface area (Å²) in [6.07, 6.45) is 0. The number of hydrogen-bond donors (Lipinski definition) is 0. The molecule has 0 unspecified atom stereocenters. The highest BCUT2D eigenvalue weighted by Gasteiger charge is 2.50. The predicted octanol–water partition coefficient (Wildman–Crippen LogP) is 3.06. The minimum atomic E-state index is -0.509. The van der Waals surface area contributed by atoms with Gasteiger partial charge in [0.2, 0.25) is 0 Å². The number of rotatable bonds is 1. The number of fused-ring (bicyclic) bond motifs is 1. The van der Waals surface area contributed by atoms with E-state index in [1.807, 2.05) is 61.2 Å². The van der Waals surface area contributed by atoms with Crippen molar-refractivity contribution in [3.63, 3.8) is 0 Å². The smallest absolute Gasteiger partial charge is 0.254 e. The molecule has 0 aliphatic carbocycles. The molecule has 2 fully saturated rings. The molecule has 0 saturated carbocycles. The fraction of sp³-hybridized carbons (Fsp3) is 0.421. The van der Waals surface area contributed by atoms with Crippen LogP contribution in [0, 0.1) is 5.41 Å². The first-order chi connectivity index (χ1) is 11.0. The summed E-state index contributed by atoms with van der Waals surface area (Å²) in [6.45, 7) is 6.56. The van der Waals surface area contributed by atoms with Gasteiger partial charge in [-0.3, -0.25) is 4.79 Å². The summed E-state index contributed by atoms with van der Waals surface area (Å²) in [5.74, 6) is -0.414. The third-order valence-corrected chi connectivity index (χ3v) is 4.81. The van der Waals surface area contributed by atoms with Crippen molar-refractivity contribution >= 4 is 16.7 Å². The Kier molecular flexibility index (Phi) is 3.22. The molecule has 2 aromatic carbocycles. The number of likely N-dealkylation sites (tertiary alicyclic amines) is 1. The van der Waals surface area contributed by atoms with Gasteiger partial charge in [-0.2, -0.15) is 0 Å². The molecule has 4 heteroatoms. The molecule has 4 nitrogen and oxygen atoms in total. The Morgan fingerprint density at radius 2 is 1.65 bits per heavy atom. The molecule has 0 atom stereocenters. The zero-order valence-corrected chi connectivity index (χ0v) is 13.5. The second-order valence-electron chi connectivity index (χ2n) is 7.17. The lowest BCUT2D eigenvalue weighted by atomic mass is 9.80. The van der Waals surface area contributed by atoms with Gasteiger partial charge >= 0.3 is 0 Å². The van der Waals surface area contributed by atoms with Gasteiger partial charge < -0.3 is 14.4 Å². The molecule has 4 rings (SSSR count). The van der Waals surface area contributed by atoms with Crippen LogP contribution >= 0.6 is 0 Å². The first-order valence-corrected chi connectivity index (χ1v) is 8.03. The van der Waals surface area contributed by atoms with Gasteiger partial charge in [0.1, 0.15) is 0 Å². The third-order valence-electron chi connectivity index (χ3n) is 4.81. The lowest BCUT2D eigenvalue weighted by Crippen LogP contribution is -2.65. The van der Waals surface area contributed by atoms with E-state index in [2.05, 4.69) is 0 Å². The maximum Gasteiger partial charge on any atom is 0.254 e. The molecule has 0 aromatic heterocycles. The van der Waals surface area contributed by atoms with E-state index in [-0.39, 0.29) is 11.3 Å². The Morgan fingerprint density at radius 1 is 1.00 bits per heavy atom. The Labute approximate surface area is 136 Å². The molecular weight excluding hydrogens is 290 g/mol. The molecule has 23 heavy (non-hydrogen) atoms. The first-order valence-electron chi connectivity index (χ1n) is 8.03. The van der Waals surface area contributed by atoms with Crippen molar-refractivity contribution < 1.29 is 14.3 Å². The summed E-state index contributed by atoms with van der Waals surface area (Å²) in [6, 6.07) is 13.9. The minimum Gasteiger partial charge on any atom is -0.350 e. The van der Waals surface area contributed by atoms with Crippen LogP contribution in [0.3, 0.4) is 0 Å². The van der Waals surface area contributed by atoms with E-state index in [9.17, 15) is 4.79 Å². The minimum absolute atomic E-state index is 0.0320. The summed E-state index contributed by atoms with van der Waals surface area (Å²) in [7, 11) is 0. The fourth-order valence-electron chi connectivity index (χ4n) is 3.41. The van der Waals surface area contributed by atoms with E-state index in [4.69, 9.17) is 9.47 Å². The fourth-order valence-corrected chi connectivity index (χ4v) is 3.41. The highest BCUT2D eigenvalue weighted by Crippen LogP contribution is 2.38. The monoisotopic (exact) mass is 311 g/mol. The number of amides is 1. The van der Waals surface area contributed by atoms with Crippen LogP contribution in [0.25, 0.3) is 10.8 Å². The van der Waals surface area contributed by atoms with Gasteiger partial charge in [0.25, 0.3) is 5.91 Å². The molecule has 2 saturated heterocycles. The molecule has 0 bridgehead atoms. The number of hydrogen-bond acceptors (Lipinski definition) is 3. The van der Waals surface area contributed by atoms with Crippen LogP contribution in [0.4, 0.5) is 0 Å². The van der Waals surface area contributed by atoms with E-state index in [1.165, 1.54) is 0 Å². The highest BCUT2D eigenvalue weighted by atomic mass is 16.7. The van der Waals surface area contributed by atoms with Crippen LogP contribution in [0.1, 0.15) is 24.2 Å². The standard InChI is InChI=1S/C19H21NO3/c1-18(2)22-12-19(13-23-18)10-20(11-19)17(21)16-9-5-7-14-6-3-4-8-15(14)16/h3-9H,10-13H2,1-2H3. The van der Waals surface area contributed by atoms with Crippen molar-refractivity contribution in [3.05, 3.63) is 48.0 Å². The summed E-state index contributed by atoms with van der Waals surface area (Å²) in [5, 5.41) is 2.11. The van der Waals surface area contributed by atoms with Gasteiger partial charge in [-0.25, -0.2) is 0 Å². The van der Waals surface area contributed by atoms with Crippen molar-refractivity contribution in [1.29, 1.82) is 0 Å². The van der Waals surface area contributed by atoms with Gasteiger partial charge in [-0.05, 0) is 30.7 Å². The number of carbonyl (C=O) groups excluding carboxylic acids is 1. The second kappa shape index (κ2) is 5.05. The maximum absolute atomic E-state index is 12.8. The lowest BCUT2D eigenvalue weighted by molar-refractivity contribution is -0.301. The van der Waals surface area contributed by atoms with Gasteiger partial charge in [0.05, 0.1) is 18.6 Å². The van der Waals surface area contributed by atoms with Crippen molar-refractivity contribution in [2.45, 2.75) is 19.6 Å². The Bertz CT molecular complexity index is 745. The molecule has 2 aliphatic rings. The number of carbonyl (C=O) groups is 1. The first kappa shape index (κ1) is 14.7. The average molecular weight is 311 g/mol. The number of ether oxygens (including phenoxy) is 2. The zero-order chi connectivity index (χ0) is 16.1. The second-order valence-corrected chi connectivity index (χ2v) is 7.17. The van der Waals surface area contributed by atoms with E-state index in [0.717, 1.165) is 16.3 Å². The highest BCUT2D eigenvalue weighted by molar-refractivity contribution is 6.07. The Balaban J connectivity index is 1.51. The summed E-state index contributed by atoms with van der Waals surface area (Å²) >= 11 is 0. The Hall–Kier alpha value is -1.91. The van der Waals surface area contributed by atoms with Gasteiger partial charge in [-0.1, -0.05) is 36.4 Å². The average Bonchev–Trinajstić information content (AvgIpc) is 2.52. The summed E-state index contributed by atoms with van der Waals surface area (Å²) in [5.41, 5.74) is 0.742. The van der Waals surface area contributed by atoms with Crippen LogP contribution in [0.5, 0.6) is 0 Å². The van der Waals surface area contributed by atoms with Crippen LogP contribution in [0.2, 0.25) is 0 Å². The molecule has 2 heterocycles. The molecule has 2 aliphatic heterocycles. The predicted molar refractivity (Wildman–Crippen MR) is 88.3 cm³/mol. The van der Waals surface area contributed by atoms with Crippen LogP contribution in [0.15, 0.2) is 42.5 Å². The van der Waals surface area contributed by atoms with Crippen molar-refractivity contribution in [2.24, 2.45) is 5.41 Å². The lowest BCUT2D eigenvalue weighted by Gasteiger charge is -2.54. The number of benzene rings is 2. The summed E-state index contributed by atoms with van der Waals surface area (Å²) in [4.78, 5) is 14.7. The molecule has 0 N–H and O–H groups in total. The van der Waals surface area contributed by atoms with E-state index >= 15 is 0 Å². The van der Waals surface area contributed by atoms with Crippen molar-refractivity contribution in [1.82, 2.24) is 4.90 Å². The van der Waals surface area contributed by atoms with E-state index in [1.54, 1.807) is 0 Å². The van der Waals surface area contributed by atoms with Gasteiger partial charge in [-0.15, -0.1) is 0 Å². The topological polar surface area (TPSA) is 38.8 Å². The molecular formula is C19H21NO3. The zero-order valence-electron chi connectivity index (χ0n) is 13.5. The molecule has 1 spiro atoms. The molecule has 2 aromatic rings. The number of nitrogens with zero attached hydrogens (tertiary/aromatic N) is 1. The van der Waals surface area contributed by atoms with Crippen LogP contribution in [-0.2, 0) is 9.47 Å². The molecule has 0 radical (unpaired) electrons. The van der Waals surface area contributed by atoms with Crippen LogP contribution < -0.4 is 0 Å². The Morgan fingerprint density at radius 3 is 2.39 bits per heavy atom. The quantitative estimate of drug-likeness (QED) is 0.812. The molecule has 120 valence electrons. The maximum atomic E-state index is 12.8. The largest absolute Gasteiger partial charge is 0.350 e. The summed E-state index contributed by atoms with van der Waals surface area (Å²) < 4.78 is 11.5. The van der Waals surface area contributed by atoms with Crippen LogP contribution in [-0.4, -0.2) is 42.9 Å².